The summed E-state index contributed by atoms with van der Waals surface area (Å²) in [5, 5.41) is 3.00. The van der Waals surface area contributed by atoms with Crippen molar-refractivity contribution in [2.75, 3.05) is 11.0 Å². The molecular formula is C14H26ClNO4S. The summed E-state index contributed by atoms with van der Waals surface area (Å²) in [5.41, 5.74) is -1.22. The van der Waals surface area contributed by atoms with E-state index in [2.05, 4.69) is 5.32 Å². The van der Waals surface area contributed by atoms with Crippen molar-refractivity contribution >= 4 is 35.4 Å². The highest BCUT2D eigenvalue weighted by Gasteiger charge is 2.28. The van der Waals surface area contributed by atoms with Gasteiger partial charge in [0.05, 0.1) is 5.21 Å². The zero-order valence-corrected chi connectivity index (χ0v) is 15.2. The zero-order valence-electron chi connectivity index (χ0n) is 13.6. The molecule has 1 amide bonds. The van der Waals surface area contributed by atoms with E-state index < -0.39 is 29.3 Å². The van der Waals surface area contributed by atoms with Gasteiger partial charge < -0.3 is 14.8 Å². The molecule has 0 aliphatic rings. The fourth-order valence-electron chi connectivity index (χ4n) is 1.33. The molecule has 1 unspecified atom stereocenters. The predicted molar refractivity (Wildman–Crippen MR) is 86.8 cm³/mol. The lowest BCUT2D eigenvalue weighted by molar-refractivity contribution is -0.157. The Morgan fingerprint density at radius 3 is 2.05 bits per heavy atom. The Balaban J connectivity index is 4.65. The first-order valence-electron chi connectivity index (χ1n) is 6.80. The molecule has 0 rings (SSSR count). The number of halogens is 1. The van der Waals surface area contributed by atoms with Crippen molar-refractivity contribution in [1.29, 1.82) is 0 Å². The Hall–Kier alpha value is -0.620. The number of carbonyl (C=O) groups is 2. The van der Waals surface area contributed by atoms with Gasteiger partial charge in [-0.15, -0.1) is 23.4 Å². The highest BCUT2D eigenvalue weighted by atomic mass is 35.5. The molecule has 0 heterocycles. The van der Waals surface area contributed by atoms with Gasteiger partial charge in [-0.3, -0.25) is 0 Å². The summed E-state index contributed by atoms with van der Waals surface area (Å²) in [6, 6.07) is -0.741. The highest BCUT2D eigenvalue weighted by molar-refractivity contribution is 8.00. The molecule has 0 saturated heterocycles. The minimum atomic E-state index is -0.741. The van der Waals surface area contributed by atoms with Gasteiger partial charge in [0, 0.05) is 0 Å². The zero-order chi connectivity index (χ0) is 16.7. The summed E-state index contributed by atoms with van der Waals surface area (Å²) >= 11 is 7.08. The molecule has 0 spiro atoms. The van der Waals surface area contributed by atoms with Crippen molar-refractivity contribution in [3.05, 3.63) is 0 Å². The van der Waals surface area contributed by atoms with Crippen LogP contribution >= 0.6 is 23.4 Å². The fraction of sp³-hybridized carbons (Fsp3) is 0.857. The van der Waals surface area contributed by atoms with Gasteiger partial charge in [-0.05, 0) is 53.7 Å². The molecule has 0 fully saturated rings. The van der Waals surface area contributed by atoms with Crippen LogP contribution in [0.1, 0.15) is 48.0 Å². The van der Waals surface area contributed by atoms with Crippen LogP contribution in [-0.2, 0) is 14.3 Å². The quantitative estimate of drug-likeness (QED) is 0.455. The molecule has 5 nitrogen and oxygen atoms in total. The van der Waals surface area contributed by atoms with Gasteiger partial charge >= 0.3 is 12.1 Å². The number of esters is 1. The molecule has 0 radical (unpaired) electrons. The number of alkyl halides is 1. The first kappa shape index (κ1) is 20.4. The Morgan fingerprint density at radius 1 is 1.10 bits per heavy atom. The topological polar surface area (TPSA) is 64.6 Å². The van der Waals surface area contributed by atoms with Crippen LogP contribution in [0.2, 0.25) is 0 Å². The van der Waals surface area contributed by atoms with Crippen LogP contribution in [0.3, 0.4) is 0 Å². The molecular weight excluding hydrogens is 314 g/mol. The second-order valence-electron chi connectivity index (χ2n) is 6.54. The van der Waals surface area contributed by atoms with Gasteiger partial charge in [0.2, 0.25) is 0 Å². The molecule has 7 heteroatoms. The van der Waals surface area contributed by atoms with Gasteiger partial charge in [0.1, 0.15) is 17.2 Å². The van der Waals surface area contributed by atoms with Gasteiger partial charge in [0.25, 0.3) is 0 Å². The number of hydrogen-bond donors (Lipinski definition) is 1. The molecule has 0 aromatic rings. The van der Waals surface area contributed by atoms with E-state index >= 15 is 0 Å². The first-order chi connectivity index (χ1) is 9.44. The number of alkyl carbamates (subject to hydrolysis) is 1. The van der Waals surface area contributed by atoms with E-state index in [0.29, 0.717) is 17.4 Å². The largest absolute Gasteiger partial charge is 0.458 e. The molecule has 0 aromatic carbocycles. The van der Waals surface area contributed by atoms with Crippen LogP contribution in [0.25, 0.3) is 0 Å². The molecule has 0 aromatic heterocycles. The van der Waals surface area contributed by atoms with Crippen LogP contribution in [0.15, 0.2) is 0 Å². The lowest BCUT2D eigenvalue weighted by Gasteiger charge is -2.26. The molecule has 21 heavy (non-hydrogen) atoms. The Bertz CT molecular complexity index is 350. The second kappa shape index (κ2) is 8.73. The number of thioether (sulfide) groups is 1. The highest BCUT2D eigenvalue weighted by Crippen LogP contribution is 2.13. The van der Waals surface area contributed by atoms with Crippen molar-refractivity contribution in [1.82, 2.24) is 5.32 Å². The number of carbonyl (C=O) groups excluding carboxylic acids is 2. The SMILES string of the molecule is CC(C)(C)OC(=O)NC(CCSCCl)C(=O)OC(C)(C)C. The number of rotatable bonds is 6. The number of ether oxygens (including phenoxy) is 2. The lowest BCUT2D eigenvalue weighted by atomic mass is 10.1. The smallest absolute Gasteiger partial charge is 0.408 e. The van der Waals surface area contributed by atoms with Crippen molar-refractivity contribution < 1.29 is 19.1 Å². The summed E-state index contributed by atoms with van der Waals surface area (Å²) < 4.78 is 10.5. The van der Waals surface area contributed by atoms with E-state index in [1.54, 1.807) is 41.5 Å². The summed E-state index contributed by atoms with van der Waals surface area (Å²) in [5.74, 6) is 0.173. The first-order valence-corrected chi connectivity index (χ1v) is 8.49. The van der Waals surface area contributed by atoms with Gasteiger partial charge in [0.15, 0.2) is 0 Å². The average Bonchev–Trinajstić information content (AvgIpc) is 2.22. The van der Waals surface area contributed by atoms with Gasteiger partial charge in [-0.25, -0.2) is 9.59 Å². The van der Waals surface area contributed by atoms with Crippen LogP contribution in [-0.4, -0.2) is 40.3 Å². The number of hydrogen-bond acceptors (Lipinski definition) is 5. The van der Waals surface area contributed by atoms with Crippen molar-refractivity contribution in [2.24, 2.45) is 0 Å². The van der Waals surface area contributed by atoms with Gasteiger partial charge in [-0.2, -0.15) is 0 Å². The molecule has 0 saturated carbocycles. The molecule has 0 bridgehead atoms. The average molecular weight is 340 g/mol. The van der Waals surface area contributed by atoms with E-state index in [9.17, 15) is 9.59 Å². The summed E-state index contributed by atoms with van der Waals surface area (Å²) in [7, 11) is 0. The summed E-state index contributed by atoms with van der Waals surface area (Å²) in [6.07, 6.45) is -0.194. The summed E-state index contributed by atoms with van der Waals surface area (Å²) in [6.45, 7) is 10.6. The molecule has 124 valence electrons. The van der Waals surface area contributed by atoms with E-state index in [0.717, 1.165) is 0 Å². The predicted octanol–water partition coefficient (Wildman–Crippen LogP) is 3.54. The number of amides is 1. The second-order valence-corrected chi connectivity index (χ2v) is 8.23. The van der Waals surface area contributed by atoms with Crippen LogP contribution in [0.5, 0.6) is 0 Å². The monoisotopic (exact) mass is 339 g/mol. The third-order valence-corrected chi connectivity index (χ3v) is 3.15. The third kappa shape index (κ3) is 11.7. The van der Waals surface area contributed by atoms with Crippen LogP contribution in [0, 0.1) is 0 Å². The van der Waals surface area contributed by atoms with E-state index in [1.807, 2.05) is 0 Å². The minimum absolute atomic E-state index is 0.436. The number of nitrogens with one attached hydrogen (secondary N) is 1. The Labute approximate surface area is 136 Å². The van der Waals surface area contributed by atoms with Gasteiger partial charge in [-0.1, -0.05) is 0 Å². The lowest BCUT2D eigenvalue weighted by Crippen LogP contribution is -2.46. The molecule has 0 aliphatic carbocycles. The van der Waals surface area contributed by atoms with Crippen LogP contribution < -0.4 is 5.32 Å². The van der Waals surface area contributed by atoms with Crippen LogP contribution in [0.4, 0.5) is 4.79 Å². The Morgan fingerprint density at radius 2 is 1.62 bits per heavy atom. The molecule has 1 atom stereocenters. The normalized spacial score (nSPS) is 13.5. The third-order valence-electron chi connectivity index (χ3n) is 2.01. The molecule has 1 N–H and O–H groups in total. The fourth-order valence-corrected chi connectivity index (χ4v) is 2.17. The summed E-state index contributed by atoms with van der Waals surface area (Å²) in [4.78, 5) is 23.9. The van der Waals surface area contributed by atoms with E-state index in [1.165, 1.54) is 11.8 Å². The van der Waals surface area contributed by atoms with E-state index in [4.69, 9.17) is 21.1 Å². The van der Waals surface area contributed by atoms with E-state index in [-0.39, 0.29) is 0 Å². The Kier molecular flexibility index (Phi) is 8.48. The minimum Gasteiger partial charge on any atom is -0.458 e. The van der Waals surface area contributed by atoms with Crippen molar-refractivity contribution in [2.45, 2.75) is 65.2 Å². The van der Waals surface area contributed by atoms with Crippen molar-refractivity contribution in [3.8, 4) is 0 Å². The standard InChI is InChI=1S/C14H26ClNO4S/c1-13(2,3)19-11(17)10(7-8-21-9-15)16-12(18)20-14(4,5)6/h10H,7-9H2,1-6H3,(H,16,18). The molecule has 0 aliphatic heterocycles. The maximum absolute atomic E-state index is 12.1. The van der Waals surface area contributed by atoms with Crippen molar-refractivity contribution in [3.63, 3.8) is 0 Å². The maximum atomic E-state index is 12.1. The maximum Gasteiger partial charge on any atom is 0.408 e.